The summed E-state index contributed by atoms with van der Waals surface area (Å²) in [5, 5.41) is 10.9. The fourth-order valence-electron chi connectivity index (χ4n) is 4.86. The van der Waals surface area contributed by atoms with Crippen molar-refractivity contribution in [2.75, 3.05) is 31.1 Å². The van der Waals surface area contributed by atoms with Crippen LogP contribution >= 0.6 is 0 Å². The number of piperidine rings is 1. The number of aryl methyl sites for hydroxylation is 1. The first-order valence-corrected chi connectivity index (χ1v) is 8.37. The van der Waals surface area contributed by atoms with Gasteiger partial charge in [0.1, 0.15) is 0 Å². The lowest BCUT2D eigenvalue weighted by atomic mass is 9.90. The highest BCUT2D eigenvalue weighted by Gasteiger charge is 2.47. The van der Waals surface area contributed by atoms with Crippen LogP contribution in [0.1, 0.15) is 24.8 Å². The van der Waals surface area contributed by atoms with Crippen LogP contribution in [-0.2, 0) is 0 Å². The monoisotopic (exact) mass is 301 g/mol. The van der Waals surface area contributed by atoms with Gasteiger partial charge in [0.15, 0.2) is 0 Å². The molecule has 0 aromatic heterocycles. The lowest BCUT2D eigenvalue weighted by Crippen LogP contribution is -2.39. The Morgan fingerprint density at radius 2 is 2.09 bits per heavy atom. The molecular weight excluding hydrogens is 278 g/mol. The molecule has 0 N–H and O–H groups in total. The van der Waals surface area contributed by atoms with E-state index in [4.69, 9.17) is 0 Å². The van der Waals surface area contributed by atoms with Crippen LogP contribution in [0.5, 0.6) is 0 Å². The minimum Gasteiger partial charge on any atom is -0.371 e. The van der Waals surface area contributed by atoms with Crippen LogP contribution in [0.25, 0.3) is 0 Å². The van der Waals surface area contributed by atoms with Crippen molar-refractivity contribution in [3.05, 3.63) is 33.9 Å². The van der Waals surface area contributed by atoms with E-state index in [0.717, 1.165) is 36.5 Å². The summed E-state index contributed by atoms with van der Waals surface area (Å²) in [4.78, 5) is 15.7. The van der Waals surface area contributed by atoms with Gasteiger partial charge in [0, 0.05) is 43.5 Å². The third-order valence-electron chi connectivity index (χ3n) is 5.85. The van der Waals surface area contributed by atoms with Crippen molar-refractivity contribution < 1.29 is 4.92 Å². The summed E-state index contributed by atoms with van der Waals surface area (Å²) >= 11 is 0. The first-order valence-electron chi connectivity index (χ1n) is 8.37. The fraction of sp³-hybridized carbons (Fsp3) is 0.647. The summed E-state index contributed by atoms with van der Waals surface area (Å²) in [7, 11) is 0. The molecule has 1 aromatic carbocycles. The van der Waals surface area contributed by atoms with Gasteiger partial charge in [0.25, 0.3) is 5.69 Å². The molecular formula is C17H23N3O2. The number of anilines is 1. The topological polar surface area (TPSA) is 49.6 Å². The Hall–Kier alpha value is -1.62. The molecule has 0 radical (unpaired) electrons. The van der Waals surface area contributed by atoms with Crippen molar-refractivity contribution >= 4 is 11.4 Å². The molecule has 0 spiro atoms. The molecule has 3 fully saturated rings. The van der Waals surface area contributed by atoms with Gasteiger partial charge in [-0.15, -0.1) is 0 Å². The molecule has 0 aliphatic carbocycles. The molecule has 3 aliphatic rings. The van der Waals surface area contributed by atoms with Crippen molar-refractivity contribution in [2.24, 2.45) is 11.8 Å². The average Bonchev–Trinajstić information content (AvgIpc) is 3.04. The SMILES string of the molecule is Cc1cc([N+](=O)[O-])ccc1N1CC2CN3CCCCC3C2C1. The highest BCUT2D eigenvalue weighted by molar-refractivity contribution is 5.58. The van der Waals surface area contributed by atoms with Gasteiger partial charge < -0.3 is 4.90 Å². The molecule has 3 aliphatic heterocycles. The van der Waals surface area contributed by atoms with E-state index in [9.17, 15) is 10.1 Å². The Bertz CT molecular complexity index is 604. The highest BCUT2D eigenvalue weighted by atomic mass is 16.6. The van der Waals surface area contributed by atoms with Crippen molar-refractivity contribution in [2.45, 2.75) is 32.2 Å². The molecule has 1 aromatic rings. The van der Waals surface area contributed by atoms with E-state index in [-0.39, 0.29) is 10.6 Å². The molecule has 22 heavy (non-hydrogen) atoms. The number of nitrogens with zero attached hydrogens (tertiary/aromatic N) is 3. The summed E-state index contributed by atoms with van der Waals surface area (Å²) < 4.78 is 0. The smallest absolute Gasteiger partial charge is 0.269 e. The first kappa shape index (κ1) is 14.0. The van der Waals surface area contributed by atoms with Crippen molar-refractivity contribution in [1.29, 1.82) is 0 Å². The third kappa shape index (κ3) is 2.19. The molecule has 0 bridgehead atoms. The van der Waals surface area contributed by atoms with Crippen LogP contribution < -0.4 is 4.90 Å². The maximum Gasteiger partial charge on any atom is 0.269 e. The standard InChI is InChI=1S/C17H23N3O2/c1-12-8-14(20(21)22)5-6-16(12)19-10-13-9-18-7-3-2-4-17(18)15(13)11-19/h5-6,8,13,15,17H,2-4,7,9-11H2,1H3. The maximum absolute atomic E-state index is 10.9. The first-order chi connectivity index (χ1) is 10.6. The molecule has 3 heterocycles. The van der Waals surface area contributed by atoms with Crippen LogP contribution in [0.4, 0.5) is 11.4 Å². The summed E-state index contributed by atoms with van der Waals surface area (Å²) in [6, 6.07) is 6.06. The van der Waals surface area contributed by atoms with Crippen LogP contribution in [-0.4, -0.2) is 42.0 Å². The Balaban J connectivity index is 1.53. The highest BCUT2D eigenvalue weighted by Crippen LogP contribution is 2.42. The van der Waals surface area contributed by atoms with E-state index in [1.54, 1.807) is 12.1 Å². The second-order valence-electron chi connectivity index (χ2n) is 7.11. The third-order valence-corrected chi connectivity index (χ3v) is 5.85. The van der Waals surface area contributed by atoms with Crippen LogP contribution in [0, 0.1) is 28.9 Å². The van der Waals surface area contributed by atoms with Gasteiger partial charge in [-0.1, -0.05) is 6.42 Å². The summed E-state index contributed by atoms with van der Waals surface area (Å²) in [5.74, 6) is 1.56. The van der Waals surface area contributed by atoms with Crippen molar-refractivity contribution in [1.82, 2.24) is 4.90 Å². The zero-order valence-electron chi connectivity index (χ0n) is 13.1. The second kappa shape index (κ2) is 5.23. The van der Waals surface area contributed by atoms with Gasteiger partial charge >= 0.3 is 0 Å². The van der Waals surface area contributed by atoms with Gasteiger partial charge in [-0.2, -0.15) is 0 Å². The maximum atomic E-state index is 10.9. The van der Waals surface area contributed by atoms with Crippen LogP contribution in [0.2, 0.25) is 0 Å². The molecule has 3 unspecified atom stereocenters. The number of hydrogen-bond donors (Lipinski definition) is 0. The van der Waals surface area contributed by atoms with Gasteiger partial charge in [0.05, 0.1) is 4.92 Å². The van der Waals surface area contributed by atoms with E-state index in [2.05, 4.69) is 9.80 Å². The number of non-ortho nitro benzene ring substituents is 1. The Morgan fingerprint density at radius 1 is 1.23 bits per heavy atom. The van der Waals surface area contributed by atoms with Crippen LogP contribution in [0.15, 0.2) is 18.2 Å². The fourth-order valence-corrected chi connectivity index (χ4v) is 4.86. The van der Waals surface area contributed by atoms with E-state index < -0.39 is 0 Å². The number of nitro groups is 1. The minimum absolute atomic E-state index is 0.194. The lowest BCUT2D eigenvalue weighted by Gasteiger charge is -2.33. The molecule has 4 rings (SSSR count). The predicted octanol–water partition coefficient (Wildman–Crippen LogP) is 2.82. The molecule has 118 valence electrons. The molecule has 0 saturated carbocycles. The Morgan fingerprint density at radius 3 is 2.86 bits per heavy atom. The van der Waals surface area contributed by atoms with Crippen LogP contribution in [0.3, 0.4) is 0 Å². The molecule has 5 nitrogen and oxygen atoms in total. The number of hydrogen-bond acceptors (Lipinski definition) is 4. The summed E-state index contributed by atoms with van der Waals surface area (Å²) in [5.41, 5.74) is 2.40. The number of nitro benzene ring substituents is 1. The van der Waals surface area contributed by atoms with Gasteiger partial charge in [-0.05, 0) is 49.8 Å². The number of fused-ring (bicyclic) bond motifs is 3. The average molecular weight is 301 g/mol. The quantitative estimate of drug-likeness (QED) is 0.622. The Kier molecular flexibility index (Phi) is 3.33. The zero-order valence-corrected chi connectivity index (χ0v) is 13.1. The molecule has 3 saturated heterocycles. The molecule has 0 amide bonds. The van der Waals surface area contributed by atoms with Gasteiger partial charge in [-0.25, -0.2) is 0 Å². The van der Waals surface area contributed by atoms with Gasteiger partial charge in [-0.3, -0.25) is 15.0 Å². The predicted molar refractivity (Wildman–Crippen MR) is 86.2 cm³/mol. The summed E-state index contributed by atoms with van der Waals surface area (Å²) in [6.45, 7) is 6.75. The van der Waals surface area contributed by atoms with E-state index in [1.807, 2.05) is 13.0 Å². The largest absolute Gasteiger partial charge is 0.371 e. The Labute approximate surface area is 131 Å². The van der Waals surface area contributed by atoms with E-state index >= 15 is 0 Å². The van der Waals surface area contributed by atoms with Crippen molar-refractivity contribution in [3.8, 4) is 0 Å². The number of rotatable bonds is 2. The number of benzene rings is 1. The normalized spacial score (nSPS) is 31.1. The summed E-state index contributed by atoms with van der Waals surface area (Å²) in [6.07, 6.45) is 4.09. The minimum atomic E-state index is -0.310. The van der Waals surface area contributed by atoms with Crippen molar-refractivity contribution in [3.63, 3.8) is 0 Å². The van der Waals surface area contributed by atoms with E-state index in [0.29, 0.717) is 0 Å². The van der Waals surface area contributed by atoms with Gasteiger partial charge in [0.2, 0.25) is 0 Å². The molecule has 3 atom stereocenters. The lowest BCUT2D eigenvalue weighted by molar-refractivity contribution is -0.384. The van der Waals surface area contributed by atoms with E-state index in [1.165, 1.54) is 38.0 Å². The zero-order chi connectivity index (χ0) is 15.3. The second-order valence-corrected chi connectivity index (χ2v) is 7.11. The molecule has 5 heteroatoms.